The predicted octanol–water partition coefficient (Wildman–Crippen LogP) is 7.37. The number of ether oxygens (including phenoxy) is 2. The molecule has 0 aliphatic heterocycles. The van der Waals surface area contributed by atoms with Gasteiger partial charge in [-0.25, -0.2) is 9.37 Å². The van der Waals surface area contributed by atoms with Gasteiger partial charge in [0, 0.05) is 29.0 Å². The highest BCUT2D eigenvalue weighted by molar-refractivity contribution is 7.16. The Bertz CT molecular complexity index is 1190. The Hall–Kier alpha value is -2.59. The first-order valence-corrected chi connectivity index (χ1v) is 12.3. The summed E-state index contributed by atoms with van der Waals surface area (Å²) in [4.78, 5) is 5.83. The zero-order chi connectivity index (χ0) is 24.8. The summed E-state index contributed by atoms with van der Waals surface area (Å²) in [6.45, 7) is 6.30. The summed E-state index contributed by atoms with van der Waals surface area (Å²) in [5.74, 6) is 3.24. The van der Waals surface area contributed by atoms with Crippen LogP contribution in [0.15, 0.2) is 30.3 Å². The maximum Gasteiger partial charge on any atom is 0.184 e. The van der Waals surface area contributed by atoms with Crippen LogP contribution in [0.3, 0.4) is 0 Å². The van der Waals surface area contributed by atoms with Crippen molar-refractivity contribution in [3.05, 3.63) is 62.7 Å². The molecule has 7 heteroatoms. The molecule has 3 aromatic rings. The van der Waals surface area contributed by atoms with E-state index in [0.29, 0.717) is 15.7 Å². The molecule has 0 fully saturated rings. The predicted molar refractivity (Wildman–Crippen MR) is 140 cm³/mol. The molecular formula is C27H30ClFN2O2S. The number of nitrogens with one attached hydrogen (secondary N) is 1. The zero-order valence-electron chi connectivity index (χ0n) is 20.2. The molecule has 0 radical (unpaired) electrons. The lowest BCUT2D eigenvalue weighted by molar-refractivity contribution is 0.181. The van der Waals surface area contributed by atoms with Gasteiger partial charge in [0.25, 0.3) is 0 Å². The Morgan fingerprint density at radius 3 is 2.62 bits per heavy atom. The highest BCUT2D eigenvalue weighted by Crippen LogP contribution is 2.39. The van der Waals surface area contributed by atoms with E-state index in [-0.39, 0.29) is 24.4 Å². The van der Waals surface area contributed by atoms with Gasteiger partial charge in [-0.2, -0.15) is 0 Å². The molecular weight excluding hydrogens is 471 g/mol. The van der Waals surface area contributed by atoms with Crippen LogP contribution < -0.4 is 10.1 Å². The number of hydrogen-bond acceptors (Lipinski definition) is 5. The van der Waals surface area contributed by atoms with Crippen LogP contribution in [0.1, 0.15) is 47.3 Å². The lowest BCUT2D eigenvalue weighted by Crippen LogP contribution is -2.26. The van der Waals surface area contributed by atoms with E-state index >= 15 is 0 Å². The Morgan fingerprint density at radius 2 is 2.00 bits per heavy atom. The van der Waals surface area contributed by atoms with Crippen LogP contribution in [0, 0.1) is 32.0 Å². The van der Waals surface area contributed by atoms with E-state index in [2.05, 4.69) is 18.2 Å². The van der Waals surface area contributed by atoms with Crippen molar-refractivity contribution in [1.82, 2.24) is 4.98 Å². The number of hydrogen-bond donors (Lipinski definition) is 1. The molecule has 3 rings (SSSR count). The minimum atomic E-state index is -0.348. The largest absolute Gasteiger partial charge is 0.496 e. The van der Waals surface area contributed by atoms with E-state index in [9.17, 15) is 4.39 Å². The summed E-state index contributed by atoms with van der Waals surface area (Å²) in [6.07, 6.45) is 7.68. The second-order valence-electron chi connectivity index (χ2n) is 8.19. The number of anilines is 1. The van der Waals surface area contributed by atoms with Crippen LogP contribution in [-0.2, 0) is 11.3 Å². The molecule has 1 aromatic heterocycles. The quantitative estimate of drug-likeness (QED) is 0.295. The van der Waals surface area contributed by atoms with Crippen LogP contribution in [0.2, 0.25) is 5.02 Å². The average molecular weight is 501 g/mol. The molecule has 0 saturated carbocycles. The molecule has 180 valence electrons. The highest BCUT2D eigenvalue weighted by Gasteiger charge is 2.24. The van der Waals surface area contributed by atoms with Crippen molar-refractivity contribution in [2.75, 3.05) is 19.5 Å². The summed E-state index contributed by atoms with van der Waals surface area (Å²) >= 11 is 8.06. The van der Waals surface area contributed by atoms with Gasteiger partial charge in [0.2, 0.25) is 0 Å². The summed E-state index contributed by atoms with van der Waals surface area (Å²) in [5, 5.41) is 4.70. The third-order valence-electron chi connectivity index (χ3n) is 5.80. The van der Waals surface area contributed by atoms with Crippen LogP contribution >= 0.6 is 22.9 Å². The number of halogens is 2. The van der Waals surface area contributed by atoms with Gasteiger partial charge in [-0.05, 0) is 49.6 Å². The van der Waals surface area contributed by atoms with Gasteiger partial charge in [-0.1, -0.05) is 43.0 Å². The molecule has 34 heavy (non-hydrogen) atoms. The van der Waals surface area contributed by atoms with Crippen LogP contribution in [0.25, 0.3) is 11.3 Å². The monoisotopic (exact) mass is 500 g/mol. The second kappa shape index (κ2) is 11.7. The van der Waals surface area contributed by atoms with Gasteiger partial charge in [-0.15, -0.1) is 17.8 Å². The van der Waals surface area contributed by atoms with E-state index in [1.54, 1.807) is 32.4 Å². The number of rotatable bonds is 10. The molecule has 2 atom stereocenters. The number of aromatic nitrogens is 1. The number of terminal acetylenes is 1. The summed E-state index contributed by atoms with van der Waals surface area (Å²) < 4.78 is 25.1. The Balaban J connectivity index is 1.91. The van der Waals surface area contributed by atoms with Crippen molar-refractivity contribution >= 4 is 28.1 Å². The lowest BCUT2D eigenvalue weighted by Gasteiger charge is -2.24. The topological polar surface area (TPSA) is 43.4 Å². The van der Waals surface area contributed by atoms with Crippen molar-refractivity contribution < 1.29 is 13.9 Å². The number of thiazole rings is 1. The number of methoxy groups -OCH3 is 2. The maximum atomic E-state index is 14.6. The Kier molecular flexibility index (Phi) is 8.96. The summed E-state index contributed by atoms with van der Waals surface area (Å²) in [7, 11) is 3.17. The van der Waals surface area contributed by atoms with Crippen molar-refractivity contribution in [2.24, 2.45) is 0 Å². The van der Waals surface area contributed by atoms with Gasteiger partial charge < -0.3 is 14.8 Å². The average Bonchev–Trinajstić information content (AvgIpc) is 3.18. The zero-order valence-corrected chi connectivity index (χ0v) is 21.7. The van der Waals surface area contributed by atoms with Crippen LogP contribution in [0.5, 0.6) is 5.75 Å². The molecule has 1 heterocycles. The SMILES string of the molecule is C#CC(Nc1nc(-c2cc(C)c(OC)cc2Cl)c(C)s1)C(CCC)c1ccc(COC)c(F)c1. The van der Waals surface area contributed by atoms with Gasteiger partial charge in [-0.3, -0.25) is 0 Å². The molecule has 0 saturated heterocycles. The second-order valence-corrected chi connectivity index (χ2v) is 9.80. The number of benzene rings is 2. The lowest BCUT2D eigenvalue weighted by atomic mass is 9.87. The molecule has 2 aromatic carbocycles. The standard InChI is InChI=1S/C27H30ClFN2O2S/c1-7-9-20(18-10-11-19(15-32-5)23(29)13-18)24(8-2)30-27-31-26(17(4)34-27)21-12-16(3)25(33-6)14-22(21)28/h2,10-14,20,24H,7,9,15H2,1,3-6H3,(H,30,31). The van der Waals surface area contributed by atoms with E-state index in [1.807, 2.05) is 26.0 Å². The smallest absolute Gasteiger partial charge is 0.184 e. The van der Waals surface area contributed by atoms with E-state index in [4.69, 9.17) is 32.5 Å². The van der Waals surface area contributed by atoms with Crippen LogP contribution in [-0.4, -0.2) is 25.2 Å². The highest BCUT2D eigenvalue weighted by atomic mass is 35.5. The van der Waals surface area contributed by atoms with Crippen molar-refractivity contribution in [3.8, 4) is 29.4 Å². The fraction of sp³-hybridized carbons (Fsp3) is 0.370. The molecule has 1 N–H and O–H groups in total. The Morgan fingerprint density at radius 1 is 1.24 bits per heavy atom. The van der Waals surface area contributed by atoms with Gasteiger partial charge in [0.1, 0.15) is 11.6 Å². The molecule has 4 nitrogen and oxygen atoms in total. The fourth-order valence-corrected chi connectivity index (χ4v) is 5.18. The first kappa shape index (κ1) is 26.0. The molecule has 0 amide bonds. The molecule has 2 unspecified atom stereocenters. The van der Waals surface area contributed by atoms with Crippen LogP contribution in [0.4, 0.5) is 9.52 Å². The van der Waals surface area contributed by atoms with E-state index in [1.165, 1.54) is 11.3 Å². The van der Waals surface area contributed by atoms with E-state index < -0.39 is 0 Å². The molecule has 0 bridgehead atoms. The molecule has 0 spiro atoms. The number of aryl methyl sites for hydroxylation is 2. The van der Waals surface area contributed by atoms with Gasteiger partial charge >= 0.3 is 0 Å². The fourth-order valence-electron chi connectivity index (χ4n) is 4.07. The first-order valence-electron chi connectivity index (χ1n) is 11.1. The Labute approximate surface area is 210 Å². The van der Waals surface area contributed by atoms with E-state index in [0.717, 1.165) is 45.9 Å². The third-order valence-corrected chi connectivity index (χ3v) is 7.02. The van der Waals surface area contributed by atoms with Crippen molar-refractivity contribution in [3.63, 3.8) is 0 Å². The number of nitrogens with zero attached hydrogens (tertiary/aromatic N) is 1. The van der Waals surface area contributed by atoms with Gasteiger partial charge in [0.15, 0.2) is 5.13 Å². The maximum absolute atomic E-state index is 14.6. The van der Waals surface area contributed by atoms with Crippen molar-refractivity contribution in [2.45, 2.75) is 52.2 Å². The van der Waals surface area contributed by atoms with Gasteiger partial charge in [0.05, 0.1) is 30.5 Å². The first-order chi connectivity index (χ1) is 16.3. The summed E-state index contributed by atoms with van der Waals surface area (Å²) in [5.41, 5.74) is 4.02. The minimum absolute atomic E-state index is 0.0689. The molecule has 0 aliphatic rings. The molecule has 0 aliphatic carbocycles. The van der Waals surface area contributed by atoms with Crippen molar-refractivity contribution in [1.29, 1.82) is 0 Å². The normalized spacial score (nSPS) is 12.8. The minimum Gasteiger partial charge on any atom is -0.496 e. The third kappa shape index (κ3) is 5.72. The summed E-state index contributed by atoms with van der Waals surface area (Å²) in [6, 6.07) is 8.71.